The van der Waals surface area contributed by atoms with Crippen molar-refractivity contribution in [2.24, 2.45) is 0 Å². The number of β-amino-alcohol motifs (C(OH)–C–C–N with tert-alkyl or cyclic N) is 1. The molecule has 1 aromatic carbocycles. The molecule has 0 unspecified atom stereocenters. The van der Waals surface area contributed by atoms with Crippen LogP contribution in [0.25, 0.3) is 0 Å². The van der Waals surface area contributed by atoms with Crippen LogP contribution in [-0.4, -0.2) is 53.1 Å². The highest BCUT2D eigenvalue weighted by molar-refractivity contribution is 7.99. The highest BCUT2D eigenvalue weighted by Crippen LogP contribution is 2.34. The number of aliphatic hydroxyl groups excluding tert-OH is 1. The molecule has 22 heavy (non-hydrogen) atoms. The monoisotopic (exact) mass is 320 g/mol. The summed E-state index contributed by atoms with van der Waals surface area (Å²) >= 11 is 1.98. The summed E-state index contributed by atoms with van der Waals surface area (Å²) < 4.78 is 0. The fourth-order valence-electron chi connectivity index (χ4n) is 3.47. The maximum absolute atomic E-state index is 11.8. The molecule has 4 nitrogen and oxygen atoms in total. The Kier molecular flexibility index (Phi) is 4.76. The van der Waals surface area contributed by atoms with E-state index in [1.165, 1.54) is 5.56 Å². The van der Waals surface area contributed by atoms with E-state index in [4.69, 9.17) is 0 Å². The zero-order valence-corrected chi connectivity index (χ0v) is 14.1. The second-order valence-electron chi connectivity index (χ2n) is 6.26. The first-order valence-corrected chi connectivity index (χ1v) is 9.12. The number of fused-ring (bicyclic) bond motifs is 1. The molecule has 2 aliphatic heterocycles. The normalized spacial score (nSPS) is 23.4. The van der Waals surface area contributed by atoms with E-state index in [9.17, 15) is 9.90 Å². The fourth-order valence-corrected chi connectivity index (χ4v) is 4.45. The number of rotatable bonds is 3. The van der Waals surface area contributed by atoms with Crippen LogP contribution in [0, 0.1) is 0 Å². The molecule has 1 aromatic rings. The lowest BCUT2D eigenvalue weighted by Crippen LogP contribution is -2.35. The molecule has 3 rings (SSSR count). The number of thioether (sulfide) groups is 1. The van der Waals surface area contributed by atoms with Gasteiger partial charge in [0.25, 0.3) is 0 Å². The van der Waals surface area contributed by atoms with Gasteiger partial charge in [-0.3, -0.25) is 9.69 Å². The van der Waals surface area contributed by atoms with E-state index in [2.05, 4.69) is 17.9 Å². The molecule has 0 spiro atoms. The van der Waals surface area contributed by atoms with Crippen LogP contribution in [-0.2, 0) is 11.2 Å². The van der Waals surface area contributed by atoms with Crippen LogP contribution < -0.4 is 4.90 Å². The summed E-state index contributed by atoms with van der Waals surface area (Å²) in [5.74, 6) is 2.40. The molecule has 0 radical (unpaired) electrons. The van der Waals surface area contributed by atoms with Crippen LogP contribution >= 0.6 is 11.8 Å². The van der Waals surface area contributed by atoms with Gasteiger partial charge in [-0.05, 0) is 30.5 Å². The molecular formula is C17H24N2O2S. The number of nitrogens with zero attached hydrogens (tertiary/aromatic N) is 2. The van der Waals surface area contributed by atoms with E-state index in [-0.39, 0.29) is 11.9 Å². The minimum Gasteiger partial charge on any atom is -0.387 e. The number of amides is 1. The third kappa shape index (κ3) is 3.16. The summed E-state index contributed by atoms with van der Waals surface area (Å²) in [5.41, 5.74) is 3.15. The molecular weight excluding hydrogens is 296 g/mol. The van der Waals surface area contributed by atoms with Gasteiger partial charge in [-0.25, -0.2) is 0 Å². The van der Waals surface area contributed by atoms with Gasteiger partial charge >= 0.3 is 0 Å². The van der Waals surface area contributed by atoms with Crippen molar-refractivity contribution in [3.8, 4) is 0 Å². The van der Waals surface area contributed by atoms with Crippen molar-refractivity contribution >= 4 is 23.4 Å². The summed E-state index contributed by atoms with van der Waals surface area (Å²) in [6, 6.07) is 6.25. The number of hydrogen-bond acceptors (Lipinski definition) is 4. The highest BCUT2D eigenvalue weighted by Gasteiger charge is 2.29. The van der Waals surface area contributed by atoms with E-state index in [0.717, 1.165) is 42.3 Å². The lowest BCUT2D eigenvalue weighted by atomic mass is 10.0. The summed E-state index contributed by atoms with van der Waals surface area (Å²) in [5, 5.41) is 10.5. The Morgan fingerprint density at radius 3 is 2.82 bits per heavy atom. The fraction of sp³-hybridized carbons (Fsp3) is 0.588. The molecule has 0 aliphatic carbocycles. The van der Waals surface area contributed by atoms with Gasteiger partial charge in [0.05, 0.1) is 6.10 Å². The summed E-state index contributed by atoms with van der Waals surface area (Å²) in [6.07, 6.45) is 0.422. The van der Waals surface area contributed by atoms with Gasteiger partial charge in [0.15, 0.2) is 0 Å². The zero-order chi connectivity index (χ0) is 15.7. The van der Waals surface area contributed by atoms with E-state index in [1.807, 2.05) is 28.8 Å². The van der Waals surface area contributed by atoms with Crippen LogP contribution in [0.1, 0.15) is 31.1 Å². The lowest BCUT2D eigenvalue weighted by Gasteiger charge is -2.28. The van der Waals surface area contributed by atoms with Crippen molar-refractivity contribution in [3.05, 3.63) is 29.3 Å². The molecule has 1 saturated heterocycles. The number of anilines is 1. The molecule has 5 heteroatoms. The van der Waals surface area contributed by atoms with Crippen LogP contribution in [0.4, 0.5) is 5.69 Å². The second kappa shape index (κ2) is 6.60. The van der Waals surface area contributed by atoms with Gasteiger partial charge < -0.3 is 10.0 Å². The van der Waals surface area contributed by atoms with E-state index < -0.39 is 6.10 Å². The minimum absolute atomic E-state index is 0.0883. The Balaban J connectivity index is 1.73. The molecule has 2 aliphatic rings. The summed E-state index contributed by atoms with van der Waals surface area (Å²) in [4.78, 5) is 16.0. The smallest absolute Gasteiger partial charge is 0.224 e. The van der Waals surface area contributed by atoms with Crippen LogP contribution in [0.15, 0.2) is 18.2 Å². The quantitative estimate of drug-likeness (QED) is 0.926. The van der Waals surface area contributed by atoms with Gasteiger partial charge in [-0.2, -0.15) is 11.8 Å². The van der Waals surface area contributed by atoms with Gasteiger partial charge in [-0.1, -0.05) is 12.1 Å². The number of hydrogen-bond donors (Lipinski definition) is 1. The topological polar surface area (TPSA) is 43.8 Å². The van der Waals surface area contributed by atoms with Crippen LogP contribution in [0.3, 0.4) is 0 Å². The third-order valence-corrected chi connectivity index (χ3v) is 5.52. The maximum atomic E-state index is 11.8. The average Bonchev–Trinajstić information content (AvgIpc) is 2.83. The van der Waals surface area contributed by atoms with Crippen molar-refractivity contribution in [1.29, 1.82) is 0 Å². The van der Waals surface area contributed by atoms with Crippen molar-refractivity contribution in [1.82, 2.24) is 4.90 Å². The first-order chi connectivity index (χ1) is 10.6. The number of carbonyl (C=O) groups is 1. The van der Waals surface area contributed by atoms with E-state index in [0.29, 0.717) is 6.54 Å². The highest BCUT2D eigenvalue weighted by atomic mass is 32.2. The maximum Gasteiger partial charge on any atom is 0.224 e. The van der Waals surface area contributed by atoms with Gasteiger partial charge in [0.1, 0.15) is 0 Å². The standard InChI is InChI=1S/C17H24N2O2S/c1-12-9-15-10-14(3-4-16(15)19(12)13(2)20)17(21)11-18-5-7-22-8-6-18/h3-4,10,12,17,21H,5-9,11H2,1-2H3/t12-,17-/m1/s1. The van der Waals surface area contributed by atoms with Crippen LogP contribution in [0.5, 0.6) is 0 Å². The molecule has 120 valence electrons. The van der Waals surface area contributed by atoms with Crippen molar-refractivity contribution in [2.45, 2.75) is 32.4 Å². The van der Waals surface area contributed by atoms with E-state index >= 15 is 0 Å². The molecule has 0 aromatic heterocycles. The molecule has 2 atom stereocenters. The molecule has 0 saturated carbocycles. The van der Waals surface area contributed by atoms with E-state index in [1.54, 1.807) is 6.92 Å². The predicted molar refractivity (Wildman–Crippen MR) is 91.5 cm³/mol. The van der Waals surface area contributed by atoms with Crippen molar-refractivity contribution in [2.75, 3.05) is 36.0 Å². The van der Waals surface area contributed by atoms with Crippen molar-refractivity contribution < 1.29 is 9.90 Å². The molecule has 1 fully saturated rings. The Morgan fingerprint density at radius 2 is 2.14 bits per heavy atom. The molecule has 2 heterocycles. The molecule has 1 amide bonds. The van der Waals surface area contributed by atoms with Crippen molar-refractivity contribution in [3.63, 3.8) is 0 Å². The molecule has 1 N–H and O–H groups in total. The first kappa shape index (κ1) is 15.8. The summed E-state index contributed by atoms with van der Waals surface area (Å²) in [7, 11) is 0. The zero-order valence-electron chi connectivity index (χ0n) is 13.3. The number of benzene rings is 1. The SMILES string of the molecule is CC(=O)N1c2ccc([C@H](O)CN3CCSCC3)cc2C[C@H]1C. The second-order valence-corrected chi connectivity index (χ2v) is 7.48. The average molecular weight is 320 g/mol. The Hall–Kier alpha value is -1.04. The van der Waals surface area contributed by atoms with Crippen LogP contribution in [0.2, 0.25) is 0 Å². The summed E-state index contributed by atoms with van der Waals surface area (Å²) in [6.45, 7) is 6.50. The lowest BCUT2D eigenvalue weighted by molar-refractivity contribution is -0.116. The molecule has 0 bridgehead atoms. The predicted octanol–water partition coefficient (Wildman–Crippen LogP) is 2.07. The van der Waals surface area contributed by atoms with Gasteiger partial charge in [-0.15, -0.1) is 0 Å². The third-order valence-electron chi connectivity index (χ3n) is 4.58. The minimum atomic E-state index is -0.449. The first-order valence-electron chi connectivity index (χ1n) is 7.97. The largest absolute Gasteiger partial charge is 0.387 e. The Morgan fingerprint density at radius 1 is 1.41 bits per heavy atom. The Bertz CT molecular complexity index is 558. The van der Waals surface area contributed by atoms with Gasteiger partial charge in [0, 0.05) is 49.8 Å². The number of aliphatic hydroxyl groups is 1. The number of carbonyl (C=O) groups excluding carboxylic acids is 1. The van der Waals surface area contributed by atoms with Gasteiger partial charge in [0.2, 0.25) is 5.91 Å². The Labute approximate surface area is 136 Å².